The molecule has 0 aliphatic heterocycles. The Kier molecular flexibility index (Phi) is 4.72. The molecule has 3 unspecified atom stereocenters. The van der Waals surface area contributed by atoms with Crippen LogP contribution >= 0.6 is 11.3 Å². The summed E-state index contributed by atoms with van der Waals surface area (Å²) < 4.78 is 0. The van der Waals surface area contributed by atoms with E-state index in [1.54, 1.807) is 0 Å². The number of likely N-dealkylation sites (N-methyl/N-ethyl adjacent to an activating group) is 1. The minimum atomic E-state index is 0.363. The third-order valence-electron chi connectivity index (χ3n) is 5.61. The first kappa shape index (κ1) is 15.5. The van der Waals surface area contributed by atoms with Crippen molar-refractivity contribution in [3.8, 4) is 0 Å². The maximum Gasteiger partial charge on any atom is 0.0444 e. The molecular weight excluding hydrogens is 276 g/mol. The molecule has 2 fully saturated rings. The second-order valence-corrected chi connectivity index (χ2v) is 8.51. The second kappa shape index (κ2) is 6.39. The number of nitrogens with zero attached hydrogens (tertiary/aromatic N) is 1. The van der Waals surface area contributed by atoms with Gasteiger partial charge in [-0.15, -0.1) is 11.3 Å². The maximum absolute atomic E-state index is 3.97. The molecule has 0 bridgehead atoms. The van der Waals surface area contributed by atoms with Crippen LogP contribution in [-0.2, 0) is 0 Å². The Morgan fingerprint density at radius 3 is 2.76 bits per heavy atom. The first-order valence-corrected chi connectivity index (χ1v) is 9.43. The van der Waals surface area contributed by atoms with E-state index in [9.17, 15) is 0 Å². The maximum atomic E-state index is 3.97. The molecule has 118 valence electrons. The Morgan fingerprint density at radius 1 is 1.38 bits per heavy atom. The van der Waals surface area contributed by atoms with Crippen molar-refractivity contribution in [2.75, 3.05) is 20.6 Å². The fraction of sp³-hybridized carbons (Fsp3) is 0.778. The van der Waals surface area contributed by atoms with Crippen LogP contribution in [0.25, 0.3) is 0 Å². The summed E-state index contributed by atoms with van der Waals surface area (Å²) in [6.07, 6.45) is 8.29. The van der Waals surface area contributed by atoms with Crippen molar-refractivity contribution in [1.82, 2.24) is 10.2 Å². The van der Waals surface area contributed by atoms with Gasteiger partial charge in [0.2, 0.25) is 0 Å². The van der Waals surface area contributed by atoms with E-state index in [0.717, 1.165) is 18.4 Å². The summed E-state index contributed by atoms with van der Waals surface area (Å²) in [6, 6.07) is 5.10. The molecule has 1 aromatic rings. The zero-order chi connectivity index (χ0) is 14.9. The van der Waals surface area contributed by atoms with Crippen molar-refractivity contribution in [3.05, 3.63) is 22.4 Å². The molecule has 0 radical (unpaired) electrons. The number of hydrogen-bond donors (Lipinski definition) is 1. The summed E-state index contributed by atoms with van der Waals surface area (Å²) in [5.74, 6) is 1.74. The van der Waals surface area contributed by atoms with E-state index in [4.69, 9.17) is 0 Å². The summed E-state index contributed by atoms with van der Waals surface area (Å²) >= 11 is 1.92. The predicted molar refractivity (Wildman–Crippen MR) is 91.8 cm³/mol. The second-order valence-electron chi connectivity index (χ2n) is 7.53. The summed E-state index contributed by atoms with van der Waals surface area (Å²) in [4.78, 5) is 4.03. The highest BCUT2D eigenvalue weighted by atomic mass is 32.1. The average Bonchev–Trinajstić information content (AvgIpc) is 3.13. The fourth-order valence-electron chi connectivity index (χ4n) is 4.05. The van der Waals surface area contributed by atoms with Gasteiger partial charge in [-0.25, -0.2) is 0 Å². The molecule has 1 aromatic heterocycles. The van der Waals surface area contributed by atoms with Gasteiger partial charge in [-0.2, -0.15) is 0 Å². The van der Waals surface area contributed by atoms with Gasteiger partial charge in [0.25, 0.3) is 0 Å². The molecule has 2 saturated carbocycles. The fourth-order valence-corrected chi connectivity index (χ4v) is 4.95. The number of rotatable bonds is 6. The molecule has 0 spiro atoms. The third-order valence-corrected chi connectivity index (χ3v) is 6.57. The average molecular weight is 307 g/mol. The summed E-state index contributed by atoms with van der Waals surface area (Å²) in [5.41, 5.74) is 0.363. The first-order chi connectivity index (χ1) is 10.1. The van der Waals surface area contributed by atoms with E-state index in [0.29, 0.717) is 11.6 Å². The molecule has 1 heterocycles. The Labute approximate surface area is 133 Å². The largest absolute Gasteiger partial charge is 0.307 e. The van der Waals surface area contributed by atoms with Gasteiger partial charge < -0.3 is 10.2 Å². The molecule has 1 N–H and O–H groups in total. The van der Waals surface area contributed by atoms with Crippen LogP contribution in [0.15, 0.2) is 17.5 Å². The van der Waals surface area contributed by atoms with Crippen LogP contribution in [0, 0.1) is 11.8 Å². The minimum Gasteiger partial charge on any atom is -0.307 e. The molecule has 0 saturated heterocycles. The zero-order valence-corrected chi connectivity index (χ0v) is 14.6. The molecule has 21 heavy (non-hydrogen) atoms. The molecule has 3 heteroatoms. The van der Waals surface area contributed by atoms with Crippen LogP contribution in [0.3, 0.4) is 0 Å². The van der Waals surface area contributed by atoms with E-state index in [1.165, 1.54) is 43.4 Å². The summed E-state index contributed by atoms with van der Waals surface area (Å²) in [5, 5.41) is 6.18. The van der Waals surface area contributed by atoms with Gasteiger partial charge in [0.1, 0.15) is 0 Å². The van der Waals surface area contributed by atoms with Crippen molar-refractivity contribution in [1.29, 1.82) is 0 Å². The van der Waals surface area contributed by atoms with Gasteiger partial charge in [0.15, 0.2) is 0 Å². The lowest BCUT2D eigenvalue weighted by Crippen LogP contribution is -2.54. The van der Waals surface area contributed by atoms with Gasteiger partial charge >= 0.3 is 0 Å². The van der Waals surface area contributed by atoms with Crippen LogP contribution in [0.1, 0.15) is 56.4 Å². The van der Waals surface area contributed by atoms with Crippen molar-refractivity contribution < 1.29 is 0 Å². The minimum absolute atomic E-state index is 0.363. The van der Waals surface area contributed by atoms with Crippen LogP contribution in [-0.4, -0.2) is 31.1 Å². The van der Waals surface area contributed by atoms with E-state index in [2.05, 4.69) is 48.7 Å². The third kappa shape index (κ3) is 3.52. The summed E-state index contributed by atoms with van der Waals surface area (Å²) in [7, 11) is 4.55. The Bertz CT molecular complexity index is 438. The quantitative estimate of drug-likeness (QED) is 0.843. The first-order valence-electron chi connectivity index (χ1n) is 8.55. The molecule has 3 atom stereocenters. The molecule has 2 nitrogen and oxygen atoms in total. The van der Waals surface area contributed by atoms with Gasteiger partial charge in [0.05, 0.1) is 0 Å². The highest BCUT2D eigenvalue weighted by Crippen LogP contribution is 2.43. The molecule has 3 rings (SSSR count). The van der Waals surface area contributed by atoms with E-state index in [-0.39, 0.29) is 0 Å². The predicted octanol–water partition coefficient (Wildman–Crippen LogP) is 4.30. The standard InChI is InChI=1S/C18H30N2S/c1-14-6-4-10-18(12-14,20(2)3)13-19-17(15-8-9-15)16-7-5-11-21-16/h5,7,11,14-15,17,19H,4,6,8-10,12-13H2,1-3H3. The van der Waals surface area contributed by atoms with E-state index < -0.39 is 0 Å². The Morgan fingerprint density at radius 2 is 2.19 bits per heavy atom. The number of nitrogens with one attached hydrogen (secondary N) is 1. The lowest BCUT2D eigenvalue weighted by molar-refractivity contribution is 0.0715. The van der Waals surface area contributed by atoms with Crippen LogP contribution in [0.5, 0.6) is 0 Å². The molecule has 2 aliphatic rings. The lowest BCUT2D eigenvalue weighted by Gasteiger charge is -2.46. The molecule has 0 amide bonds. The highest BCUT2D eigenvalue weighted by Gasteiger charge is 2.39. The summed E-state index contributed by atoms with van der Waals surface area (Å²) in [6.45, 7) is 3.57. The van der Waals surface area contributed by atoms with Crippen molar-refractivity contribution >= 4 is 11.3 Å². The SMILES string of the molecule is CC1CCCC(CNC(c2cccs2)C2CC2)(N(C)C)C1. The molecular formula is C18H30N2S. The van der Waals surface area contributed by atoms with E-state index in [1.807, 2.05) is 11.3 Å². The molecule has 0 aromatic carbocycles. The van der Waals surface area contributed by atoms with Crippen molar-refractivity contribution in [2.45, 2.75) is 57.0 Å². The normalized spacial score (nSPS) is 31.5. The van der Waals surface area contributed by atoms with Crippen molar-refractivity contribution in [3.63, 3.8) is 0 Å². The topological polar surface area (TPSA) is 15.3 Å². The van der Waals surface area contributed by atoms with Crippen molar-refractivity contribution in [2.24, 2.45) is 11.8 Å². The van der Waals surface area contributed by atoms with Gasteiger partial charge in [-0.1, -0.05) is 25.8 Å². The molecule has 2 aliphatic carbocycles. The van der Waals surface area contributed by atoms with Gasteiger partial charge in [-0.3, -0.25) is 0 Å². The Balaban J connectivity index is 1.68. The van der Waals surface area contributed by atoms with Crippen LogP contribution < -0.4 is 5.32 Å². The van der Waals surface area contributed by atoms with Crippen LogP contribution in [0.2, 0.25) is 0 Å². The zero-order valence-electron chi connectivity index (χ0n) is 13.8. The number of hydrogen-bond acceptors (Lipinski definition) is 3. The van der Waals surface area contributed by atoms with Gasteiger partial charge in [0, 0.05) is 23.0 Å². The lowest BCUT2D eigenvalue weighted by atomic mass is 9.75. The smallest absolute Gasteiger partial charge is 0.0444 e. The highest BCUT2D eigenvalue weighted by molar-refractivity contribution is 7.10. The Hall–Kier alpha value is -0.380. The van der Waals surface area contributed by atoms with E-state index >= 15 is 0 Å². The van der Waals surface area contributed by atoms with Crippen LogP contribution in [0.4, 0.5) is 0 Å². The van der Waals surface area contributed by atoms with Gasteiger partial charge in [-0.05, 0) is 63.1 Å². The monoisotopic (exact) mass is 306 g/mol. The number of thiophene rings is 1.